The number of cyclic esters (lactones) is 1. The molecule has 1 aromatic carbocycles. The molecule has 162 valence electrons. The third-order valence-corrected chi connectivity index (χ3v) is 6.09. The van der Waals surface area contributed by atoms with Crippen LogP contribution in [0.25, 0.3) is 0 Å². The van der Waals surface area contributed by atoms with E-state index in [1.165, 1.54) is 17.9 Å². The topological polar surface area (TPSA) is 99.7 Å². The van der Waals surface area contributed by atoms with Gasteiger partial charge in [0.05, 0.1) is 24.5 Å². The largest absolute Gasteiger partial charge is 0.442 e. The first kappa shape index (κ1) is 19.5. The number of halogens is 1. The normalized spacial score (nSPS) is 26.5. The summed E-state index contributed by atoms with van der Waals surface area (Å²) in [6, 6.07) is 6.92. The van der Waals surface area contributed by atoms with Crippen molar-refractivity contribution < 1.29 is 18.7 Å². The van der Waals surface area contributed by atoms with Gasteiger partial charge < -0.3 is 20.3 Å². The molecule has 0 bridgehead atoms. The molecule has 0 radical (unpaired) electrons. The van der Waals surface area contributed by atoms with Crippen molar-refractivity contribution >= 4 is 29.3 Å². The Labute approximate surface area is 178 Å². The number of piperidine rings is 1. The lowest BCUT2D eigenvalue weighted by Gasteiger charge is -2.24. The fourth-order valence-electron chi connectivity index (χ4n) is 4.48. The van der Waals surface area contributed by atoms with E-state index in [2.05, 4.69) is 20.6 Å². The Balaban J connectivity index is 1.20. The number of carbonyl (C=O) groups is 2. The summed E-state index contributed by atoms with van der Waals surface area (Å²) in [6.07, 6.45) is 2.41. The predicted molar refractivity (Wildman–Crippen MR) is 111 cm³/mol. The Morgan fingerprint density at radius 2 is 1.97 bits per heavy atom. The van der Waals surface area contributed by atoms with Crippen molar-refractivity contribution in [3.05, 3.63) is 42.5 Å². The Morgan fingerprint density at radius 3 is 2.65 bits per heavy atom. The zero-order chi connectivity index (χ0) is 21.5. The van der Waals surface area contributed by atoms with Gasteiger partial charge in [0, 0.05) is 50.3 Å². The molecule has 2 N–H and O–H groups in total. The van der Waals surface area contributed by atoms with Crippen LogP contribution in [-0.4, -0.2) is 60.3 Å². The number of aromatic nitrogens is 2. The summed E-state index contributed by atoms with van der Waals surface area (Å²) < 4.78 is 20.2. The molecule has 1 aliphatic carbocycles. The molecule has 4 atom stereocenters. The van der Waals surface area contributed by atoms with Crippen molar-refractivity contribution in [2.24, 2.45) is 11.8 Å². The zero-order valence-corrected chi connectivity index (χ0v) is 17.0. The number of carbonyl (C=O) groups excluding carboxylic acids is 2. The van der Waals surface area contributed by atoms with Crippen LogP contribution < -0.4 is 20.4 Å². The van der Waals surface area contributed by atoms with Gasteiger partial charge in [0.1, 0.15) is 11.9 Å². The van der Waals surface area contributed by atoms with Gasteiger partial charge in [0.15, 0.2) is 0 Å². The van der Waals surface area contributed by atoms with E-state index in [1.807, 2.05) is 4.90 Å². The minimum atomic E-state index is -0.540. The summed E-state index contributed by atoms with van der Waals surface area (Å²) in [5.74, 6) is 0.936. The van der Waals surface area contributed by atoms with Crippen LogP contribution in [0, 0.1) is 17.7 Å². The van der Waals surface area contributed by atoms with E-state index in [-0.39, 0.29) is 24.8 Å². The molecule has 3 fully saturated rings. The summed E-state index contributed by atoms with van der Waals surface area (Å²) >= 11 is 0. The minimum Gasteiger partial charge on any atom is -0.442 e. The molecule has 5 rings (SSSR count). The lowest BCUT2D eigenvalue weighted by molar-refractivity contribution is -0.119. The van der Waals surface area contributed by atoms with Gasteiger partial charge in [-0.05, 0) is 24.3 Å². The Kier molecular flexibility index (Phi) is 4.84. The molecule has 3 aliphatic rings. The number of nitrogens with one attached hydrogen (secondary N) is 2. The smallest absolute Gasteiger partial charge is 0.414 e. The standard InChI is InChI=1S/C21H23FN6O3/c1-12(29)25-8-14-9-28(21(30)31-14)13-3-4-18(17(22)7-13)27-10-15-16(11-27)19(15)26-20-23-5-2-6-24-20/h2-7,14-16,19H,8-11H2,1H3,(H,25,29)(H,23,24,26)/t14-,15-,16+,19?/m0/s1. The van der Waals surface area contributed by atoms with Crippen LogP contribution in [0.5, 0.6) is 0 Å². The number of hydrogen-bond donors (Lipinski definition) is 2. The van der Waals surface area contributed by atoms with Gasteiger partial charge in [-0.1, -0.05) is 0 Å². The van der Waals surface area contributed by atoms with Gasteiger partial charge in [-0.15, -0.1) is 0 Å². The number of amides is 2. The molecule has 2 amide bonds. The van der Waals surface area contributed by atoms with Crippen LogP contribution >= 0.6 is 0 Å². The van der Waals surface area contributed by atoms with Crippen LogP contribution in [0.15, 0.2) is 36.7 Å². The van der Waals surface area contributed by atoms with E-state index in [9.17, 15) is 14.0 Å². The third kappa shape index (κ3) is 3.85. The maximum absolute atomic E-state index is 14.9. The van der Waals surface area contributed by atoms with Crippen molar-refractivity contribution in [2.45, 2.75) is 19.1 Å². The van der Waals surface area contributed by atoms with E-state index in [0.29, 0.717) is 35.2 Å². The van der Waals surface area contributed by atoms with Gasteiger partial charge >= 0.3 is 6.09 Å². The number of benzene rings is 1. The monoisotopic (exact) mass is 426 g/mol. The number of rotatable bonds is 6. The maximum atomic E-state index is 14.9. The number of nitrogens with zero attached hydrogens (tertiary/aromatic N) is 4. The molecule has 1 saturated carbocycles. The van der Waals surface area contributed by atoms with E-state index < -0.39 is 12.2 Å². The number of fused-ring (bicyclic) bond motifs is 1. The molecular formula is C21H23FN6O3. The Bertz CT molecular complexity index is 994. The summed E-state index contributed by atoms with van der Waals surface area (Å²) in [5, 5.41) is 5.98. The minimum absolute atomic E-state index is 0.192. The van der Waals surface area contributed by atoms with Crippen molar-refractivity contribution in [3.63, 3.8) is 0 Å². The molecule has 1 unspecified atom stereocenters. The number of hydrogen-bond acceptors (Lipinski definition) is 7. The number of ether oxygens (including phenoxy) is 1. The molecule has 2 aromatic rings. The van der Waals surface area contributed by atoms with E-state index in [4.69, 9.17) is 4.74 Å². The summed E-state index contributed by atoms with van der Waals surface area (Å²) in [4.78, 5) is 35.0. The highest BCUT2D eigenvalue weighted by molar-refractivity contribution is 5.90. The molecule has 2 aliphatic heterocycles. The molecule has 0 spiro atoms. The first-order chi connectivity index (χ1) is 15.0. The fraction of sp³-hybridized carbons (Fsp3) is 0.429. The average molecular weight is 426 g/mol. The van der Waals surface area contributed by atoms with Crippen LogP contribution in [0.2, 0.25) is 0 Å². The quantitative estimate of drug-likeness (QED) is 0.724. The molecule has 2 saturated heterocycles. The van der Waals surface area contributed by atoms with E-state index >= 15 is 0 Å². The van der Waals surface area contributed by atoms with Gasteiger partial charge in [0.2, 0.25) is 11.9 Å². The van der Waals surface area contributed by atoms with Crippen molar-refractivity contribution in [1.82, 2.24) is 15.3 Å². The molecule has 31 heavy (non-hydrogen) atoms. The van der Waals surface area contributed by atoms with E-state index in [0.717, 1.165) is 13.1 Å². The second-order valence-electron chi connectivity index (χ2n) is 8.16. The first-order valence-corrected chi connectivity index (χ1v) is 10.3. The highest BCUT2D eigenvalue weighted by atomic mass is 19.1. The zero-order valence-electron chi connectivity index (χ0n) is 17.0. The van der Waals surface area contributed by atoms with Crippen molar-refractivity contribution in [2.75, 3.05) is 41.3 Å². The molecule has 3 heterocycles. The van der Waals surface area contributed by atoms with Crippen LogP contribution in [0.1, 0.15) is 6.92 Å². The molecule has 9 nitrogen and oxygen atoms in total. The van der Waals surface area contributed by atoms with Gasteiger partial charge in [0.25, 0.3) is 0 Å². The van der Waals surface area contributed by atoms with Gasteiger partial charge in [-0.25, -0.2) is 19.2 Å². The van der Waals surface area contributed by atoms with Gasteiger partial charge in [-0.3, -0.25) is 9.69 Å². The summed E-state index contributed by atoms with van der Waals surface area (Å²) in [6.45, 7) is 3.42. The molecule has 10 heteroatoms. The number of anilines is 3. The highest BCUT2D eigenvalue weighted by Crippen LogP contribution is 2.48. The van der Waals surface area contributed by atoms with Crippen LogP contribution in [-0.2, 0) is 9.53 Å². The van der Waals surface area contributed by atoms with Crippen molar-refractivity contribution in [3.8, 4) is 0 Å². The average Bonchev–Trinajstić information content (AvgIpc) is 3.07. The fourth-order valence-corrected chi connectivity index (χ4v) is 4.48. The predicted octanol–water partition coefficient (Wildman–Crippen LogP) is 1.62. The first-order valence-electron chi connectivity index (χ1n) is 10.3. The maximum Gasteiger partial charge on any atom is 0.414 e. The summed E-state index contributed by atoms with van der Waals surface area (Å²) in [7, 11) is 0. The van der Waals surface area contributed by atoms with E-state index in [1.54, 1.807) is 30.6 Å². The lowest BCUT2D eigenvalue weighted by atomic mass is 10.2. The second-order valence-corrected chi connectivity index (χ2v) is 8.16. The Morgan fingerprint density at radius 1 is 1.23 bits per heavy atom. The second kappa shape index (κ2) is 7.68. The van der Waals surface area contributed by atoms with Gasteiger partial charge in [-0.2, -0.15) is 0 Å². The molecule has 1 aromatic heterocycles. The molecular weight excluding hydrogens is 403 g/mol. The summed E-state index contributed by atoms with van der Waals surface area (Å²) in [5.41, 5.74) is 0.981. The van der Waals surface area contributed by atoms with Crippen molar-refractivity contribution in [1.29, 1.82) is 0 Å². The van der Waals surface area contributed by atoms with Crippen LogP contribution in [0.4, 0.5) is 26.5 Å². The SMILES string of the molecule is CC(=O)NC[C@H]1CN(c2ccc(N3C[C@@H]4C(Nc5ncccn5)[C@@H]4C3)c(F)c2)C(=O)O1. The lowest BCUT2D eigenvalue weighted by Crippen LogP contribution is -2.33. The van der Waals surface area contributed by atoms with Crippen LogP contribution in [0.3, 0.4) is 0 Å². The third-order valence-electron chi connectivity index (χ3n) is 6.09. The highest BCUT2D eigenvalue weighted by Gasteiger charge is 2.56. The Hall–Kier alpha value is -3.43.